The number of ether oxygens (including phenoxy) is 1. The number of hydrogen-bond acceptors (Lipinski definition) is 3. The van der Waals surface area contributed by atoms with Crippen molar-refractivity contribution in [2.75, 3.05) is 0 Å². The number of fused-ring (bicyclic) bond motifs is 1. The van der Waals surface area contributed by atoms with Crippen molar-refractivity contribution in [3.63, 3.8) is 0 Å². The minimum Gasteiger partial charge on any atom is -0.479 e. The molecule has 0 fully saturated rings. The molecule has 3 rings (SSSR count). The maximum Gasteiger partial charge on any atom is 0.331 e. The Morgan fingerprint density at radius 2 is 1.89 bits per heavy atom. The van der Waals surface area contributed by atoms with Gasteiger partial charge in [0.1, 0.15) is 17.4 Å². The number of amides is 1. The SMILES string of the molecule is CC1Oc2c(Cl)cc(Cl)cc2C(C(=O)O)N(Cc2c(F)cccc2F)C1=O. The monoisotopic (exact) mass is 415 g/mol. The van der Waals surface area contributed by atoms with Gasteiger partial charge in [0.25, 0.3) is 5.91 Å². The average Bonchev–Trinajstić information content (AvgIpc) is 2.68. The van der Waals surface area contributed by atoms with Crippen LogP contribution in [0.25, 0.3) is 0 Å². The molecule has 5 nitrogen and oxygen atoms in total. The van der Waals surface area contributed by atoms with E-state index in [1.165, 1.54) is 25.1 Å². The van der Waals surface area contributed by atoms with Gasteiger partial charge in [-0.05, 0) is 31.2 Å². The molecular formula is C18H13Cl2F2NO4. The Labute approximate surface area is 163 Å². The van der Waals surface area contributed by atoms with Gasteiger partial charge in [-0.25, -0.2) is 13.6 Å². The van der Waals surface area contributed by atoms with E-state index in [1.54, 1.807) is 0 Å². The highest BCUT2D eigenvalue weighted by atomic mass is 35.5. The lowest BCUT2D eigenvalue weighted by atomic mass is 10.0. The van der Waals surface area contributed by atoms with Gasteiger partial charge in [-0.15, -0.1) is 0 Å². The summed E-state index contributed by atoms with van der Waals surface area (Å²) in [5, 5.41) is 9.92. The summed E-state index contributed by atoms with van der Waals surface area (Å²) in [5.41, 5.74) is -0.407. The molecule has 2 aromatic rings. The number of benzene rings is 2. The van der Waals surface area contributed by atoms with Crippen LogP contribution in [0.2, 0.25) is 10.0 Å². The van der Waals surface area contributed by atoms with Crippen molar-refractivity contribution < 1.29 is 28.2 Å². The molecule has 27 heavy (non-hydrogen) atoms. The number of halogens is 4. The molecule has 0 saturated heterocycles. The van der Waals surface area contributed by atoms with E-state index in [9.17, 15) is 23.5 Å². The van der Waals surface area contributed by atoms with Crippen LogP contribution in [0.3, 0.4) is 0 Å². The second-order valence-corrected chi connectivity index (χ2v) is 6.82. The summed E-state index contributed by atoms with van der Waals surface area (Å²) in [6, 6.07) is 4.29. The van der Waals surface area contributed by atoms with Crippen molar-refractivity contribution in [1.29, 1.82) is 0 Å². The van der Waals surface area contributed by atoms with Gasteiger partial charge in [0.2, 0.25) is 0 Å². The van der Waals surface area contributed by atoms with E-state index in [2.05, 4.69) is 0 Å². The summed E-state index contributed by atoms with van der Waals surface area (Å²) in [7, 11) is 0. The fourth-order valence-electron chi connectivity index (χ4n) is 2.95. The van der Waals surface area contributed by atoms with E-state index in [0.717, 1.165) is 17.0 Å². The number of rotatable bonds is 3. The molecule has 1 heterocycles. The first-order valence-electron chi connectivity index (χ1n) is 7.82. The summed E-state index contributed by atoms with van der Waals surface area (Å²) in [5.74, 6) is -3.97. The number of nitrogens with zero attached hydrogens (tertiary/aromatic N) is 1. The number of carbonyl (C=O) groups excluding carboxylic acids is 1. The summed E-state index contributed by atoms with van der Waals surface area (Å²) in [6.45, 7) is 0.789. The van der Waals surface area contributed by atoms with Crippen molar-refractivity contribution in [2.45, 2.75) is 25.6 Å². The van der Waals surface area contributed by atoms with Gasteiger partial charge >= 0.3 is 5.97 Å². The largest absolute Gasteiger partial charge is 0.479 e. The summed E-state index contributed by atoms with van der Waals surface area (Å²) < 4.78 is 33.7. The normalized spacial score (nSPS) is 19.3. The smallest absolute Gasteiger partial charge is 0.331 e. The molecule has 0 aliphatic carbocycles. The van der Waals surface area contributed by atoms with Gasteiger partial charge in [0, 0.05) is 16.1 Å². The summed E-state index contributed by atoms with van der Waals surface area (Å²) >= 11 is 12.1. The van der Waals surface area contributed by atoms with Gasteiger partial charge in [-0.1, -0.05) is 29.3 Å². The maximum absolute atomic E-state index is 14.1. The van der Waals surface area contributed by atoms with Gasteiger partial charge in [0.05, 0.1) is 11.6 Å². The van der Waals surface area contributed by atoms with Gasteiger partial charge < -0.3 is 14.7 Å². The van der Waals surface area contributed by atoms with Crippen molar-refractivity contribution in [3.05, 3.63) is 63.1 Å². The van der Waals surface area contributed by atoms with Crippen molar-refractivity contribution >= 4 is 35.1 Å². The summed E-state index contributed by atoms with van der Waals surface area (Å²) in [4.78, 5) is 25.6. The van der Waals surface area contributed by atoms with Gasteiger partial charge in [-0.2, -0.15) is 0 Å². The molecule has 142 valence electrons. The van der Waals surface area contributed by atoms with Crippen molar-refractivity contribution in [2.24, 2.45) is 0 Å². The number of carboxylic acid groups (broad SMARTS) is 1. The molecule has 1 N–H and O–H groups in total. The first-order chi connectivity index (χ1) is 12.7. The van der Waals surface area contributed by atoms with Crippen LogP contribution in [0.4, 0.5) is 8.78 Å². The Bertz CT molecular complexity index is 918. The predicted molar refractivity (Wildman–Crippen MR) is 93.8 cm³/mol. The second kappa shape index (κ2) is 7.32. The Hall–Kier alpha value is -2.38. The first-order valence-corrected chi connectivity index (χ1v) is 8.58. The highest BCUT2D eigenvalue weighted by Gasteiger charge is 2.41. The number of aliphatic carboxylic acids is 1. The Morgan fingerprint density at radius 1 is 1.26 bits per heavy atom. The zero-order valence-electron chi connectivity index (χ0n) is 13.9. The number of hydrogen-bond donors (Lipinski definition) is 1. The number of carbonyl (C=O) groups is 2. The molecule has 0 spiro atoms. The third-order valence-corrected chi connectivity index (χ3v) is 4.69. The van der Waals surface area contributed by atoms with Gasteiger partial charge in [0.15, 0.2) is 12.1 Å². The van der Waals surface area contributed by atoms with Crippen LogP contribution in [-0.2, 0) is 16.1 Å². The minimum atomic E-state index is -1.59. The first kappa shape index (κ1) is 19.4. The average molecular weight is 416 g/mol. The van der Waals surface area contributed by atoms with E-state index in [1.807, 2.05) is 0 Å². The standard InChI is InChI=1S/C18H13Cl2F2NO4/c1-8-17(24)23(7-11-13(21)3-2-4-14(11)22)15(18(25)26)10-5-9(19)6-12(20)16(10)27-8/h2-6,8,15H,7H2,1H3,(H,25,26). The van der Waals surface area contributed by atoms with Crippen LogP contribution >= 0.6 is 23.2 Å². The van der Waals surface area contributed by atoms with E-state index < -0.39 is 47.8 Å². The Morgan fingerprint density at radius 3 is 2.48 bits per heavy atom. The lowest BCUT2D eigenvalue weighted by Gasteiger charge is -2.28. The molecule has 2 aromatic carbocycles. The van der Waals surface area contributed by atoms with E-state index >= 15 is 0 Å². The fourth-order valence-corrected chi connectivity index (χ4v) is 3.51. The fraction of sp³-hybridized carbons (Fsp3) is 0.222. The second-order valence-electron chi connectivity index (χ2n) is 5.97. The lowest BCUT2D eigenvalue weighted by Crippen LogP contribution is -2.42. The summed E-state index contributed by atoms with van der Waals surface area (Å²) in [6.07, 6.45) is -1.12. The predicted octanol–water partition coefficient (Wildman–Crippen LogP) is 4.21. The van der Waals surface area contributed by atoms with E-state index in [-0.39, 0.29) is 21.4 Å². The lowest BCUT2D eigenvalue weighted by molar-refractivity contribution is -0.153. The number of carboxylic acids is 1. The van der Waals surface area contributed by atoms with Crippen molar-refractivity contribution in [3.8, 4) is 5.75 Å². The zero-order valence-corrected chi connectivity index (χ0v) is 15.4. The van der Waals surface area contributed by atoms with Crippen molar-refractivity contribution in [1.82, 2.24) is 4.90 Å². The van der Waals surface area contributed by atoms with Crippen LogP contribution < -0.4 is 4.74 Å². The van der Waals surface area contributed by atoms with Crippen LogP contribution in [-0.4, -0.2) is 28.0 Å². The highest BCUT2D eigenvalue weighted by Crippen LogP contribution is 2.42. The van der Waals surface area contributed by atoms with E-state index in [4.69, 9.17) is 27.9 Å². The third-order valence-electron chi connectivity index (χ3n) is 4.19. The molecule has 1 amide bonds. The molecule has 0 saturated carbocycles. The molecule has 0 radical (unpaired) electrons. The maximum atomic E-state index is 14.1. The minimum absolute atomic E-state index is 0.00850. The molecule has 1 aliphatic heterocycles. The molecule has 2 atom stereocenters. The van der Waals surface area contributed by atoms with Crippen LogP contribution in [0, 0.1) is 11.6 Å². The molecule has 0 aromatic heterocycles. The van der Waals surface area contributed by atoms with Crippen LogP contribution in [0.5, 0.6) is 5.75 Å². The molecule has 1 aliphatic rings. The highest BCUT2D eigenvalue weighted by molar-refractivity contribution is 6.35. The third kappa shape index (κ3) is 3.57. The molecular weight excluding hydrogens is 403 g/mol. The van der Waals surface area contributed by atoms with Gasteiger partial charge in [-0.3, -0.25) is 4.79 Å². The molecule has 2 unspecified atom stereocenters. The topological polar surface area (TPSA) is 66.8 Å². The molecule has 9 heteroatoms. The zero-order chi connectivity index (χ0) is 19.9. The van der Waals surface area contributed by atoms with E-state index in [0.29, 0.717) is 0 Å². The van der Waals surface area contributed by atoms with Crippen LogP contribution in [0.15, 0.2) is 30.3 Å². The van der Waals surface area contributed by atoms with Crippen LogP contribution in [0.1, 0.15) is 24.1 Å². The quantitative estimate of drug-likeness (QED) is 0.815. The Balaban J connectivity index is 2.18. The molecule has 0 bridgehead atoms. The Kier molecular flexibility index (Phi) is 5.26.